The smallest absolute Gasteiger partial charge is 0.337 e. The van der Waals surface area contributed by atoms with Crippen LogP contribution in [0, 0.1) is 11.8 Å². The Labute approximate surface area is 158 Å². The van der Waals surface area contributed by atoms with E-state index < -0.39 is 6.10 Å². The van der Waals surface area contributed by atoms with Crippen molar-refractivity contribution < 1.29 is 14.6 Å². The van der Waals surface area contributed by atoms with Crippen LogP contribution in [-0.2, 0) is 10.2 Å². The van der Waals surface area contributed by atoms with Gasteiger partial charge in [-0.15, -0.1) is 11.8 Å². The van der Waals surface area contributed by atoms with E-state index in [1.54, 1.807) is 24.3 Å². The predicted molar refractivity (Wildman–Crippen MR) is 104 cm³/mol. The first-order valence-electron chi connectivity index (χ1n) is 8.56. The number of carbonyl (C=O) groups is 1. The number of hydrogen-bond acceptors (Lipinski definition) is 4. The van der Waals surface area contributed by atoms with Crippen LogP contribution in [0.4, 0.5) is 0 Å². The van der Waals surface area contributed by atoms with Gasteiger partial charge in [-0.05, 0) is 59.0 Å². The molecule has 2 aromatic rings. The van der Waals surface area contributed by atoms with Gasteiger partial charge in [0.1, 0.15) is 6.10 Å². The zero-order chi connectivity index (χ0) is 18.7. The number of thioether (sulfide) groups is 1. The molecule has 134 valence electrons. The number of benzene rings is 2. The van der Waals surface area contributed by atoms with E-state index in [0.717, 1.165) is 23.3 Å². The third kappa shape index (κ3) is 3.95. The second-order valence-electron chi connectivity index (χ2n) is 6.98. The fourth-order valence-corrected chi connectivity index (χ4v) is 4.45. The number of hydrogen-bond donors (Lipinski definition) is 1. The van der Waals surface area contributed by atoms with Gasteiger partial charge in [-0.1, -0.05) is 37.8 Å². The van der Waals surface area contributed by atoms with Crippen molar-refractivity contribution in [2.45, 2.75) is 36.7 Å². The highest BCUT2D eigenvalue weighted by molar-refractivity contribution is 7.99. The topological polar surface area (TPSA) is 46.5 Å². The normalized spacial score (nSPS) is 16.0. The molecule has 0 aromatic heterocycles. The van der Waals surface area contributed by atoms with Gasteiger partial charge in [0.05, 0.1) is 12.7 Å². The molecule has 26 heavy (non-hydrogen) atoms. The zero-order valence-electron chi connectivity index (χ0n) is 15.2. The number of methoxy groups -OCH3 is 1. The molecule has 0 saturated heterocycles. The highest BCUT2D eigenvalue weighted by Crippen LogP contribution is 2.42. The molecule has 0 aliphatic carbocycles. The maximum atomic E-state index is 11.4. The van der Waals surface area contributed by atoms with Crippen LogP contribution >= 0.6 is 11.8 Å². The summed E-state index contributed by atoms with van der Waals surface area (Å²) in [5.74, 6) is 6.62. The molecule has 3 rings (SSSR count). The molecule has 0 spiro atoms. The number of carbonyl (C=O) groups excluding carboxylic acids is 1. The average molecular weight is 366 g/mol. The van der Waals surface area contributed by atoms with Crippen molar-refractivity contribution in [2.75, 3.05) is 12.9 Å². The summed E-state index contributed by atoms with van der Waals surface area (Å²) in [6.45, 7) is 4.49. The van der Waals surface area contributed by atoms with E-state index in [1.807, 2.05) is 17.8 Å². The van der Waals surface area contributed by atoms with Crippen molar-refractivity contribution in [2.24, 2.45) is 0 Å². The molecule has 1 aliphatic rings. The molecule has 3 nitrogen and oxygen atoms in total. The van der Waals surface area contributed by atoms with Crippen molar-refractivity contribution in [3.8, 4) is 11.8 Å². The number of esters is 1. The first-order chi connectivity index (χ1) is 12.4. The number of ether oxygens (including phenoxy) is 1. The highest BCUT2D eigenvalue weighted by Gasteiger charge is 2.28. The molecule has 1 aliphatic heterocycles. The molecule has 1 N–H and O–H groups in total. The van der Waals surface area contributed by atoms with Gasteiger partial charge in [0.15, 0.2) is 0 Å². The zero-order valence-corrected chi connectivity index (χ0v) is 16.0. The largest absolute Gasteiger partial charge is 0.465 e. The van der Waals surface area contributed by atoms with Crippen molar-refractivity contribution >= 4 is 17.7 Å². The van der Waals surface area contributed by atoms with Crippen molar-refractivity contribution in [1.82, 2.24) is 0 Å². The van der Waals surface area contributed by atoms with E-state index in [4.69, 9.17) is 0 Å². The Morgan fingerprint density at radius 2 is 1.96 bits per heavy atom. The van der Waals surface area contributed by atoms with Gasteiger partial charge in [0.25, 0.3) is 0 Å². The van der Waals surface area contributed by atoms with Gasteiger partial charge in [0, 0.05) is 10.5 Å². The first kappa shape index (κ1) is 18.6. The summed E-state index contributed by atoms with van der Waals surface area (Å²) >= 11 is 1.87. The standard InChI is InChI=1S/C22H22O3S/c1-22(2)12-13-26-20-11-9-17(14-18(20)22)19(23)10-6-15-4-7-16(8-5-15)21(24)25-3/h4-5,7-9,11,14,19,23H,12-13H2,1-3H3. The van der Waals surface area contributed by atoms with E-state index in [9.17, 15) is 9.90 Å². The van der Waals surface area contributed by atoms with E-state index in [1.165, 1.54) is 17.6 Å². The lowest BCUT2D eigenvalue weighted by atomic mass is 9.81. The maximum absolute atomic E-state index is 11.4. The molecule has 1 unspecified atom stereocenters. The molecule has 0 amide bonds. The number of fused-ring (bicyclic) bond motifs is 1. The fourth-order valence-electron chi connectivity index (χ4n) is 2.97. The van der Waals surface area contributed by atoms with Gasteiger partial charge in [-0.3, -0.25) is 0 Å². The molecule has 0 saturated carbocycles. The number of aliphatic hydroxyl groups is 1. The Bertz CT molecular complexity index is 872. The van der Waals surface area contributed by atoms with Crippen molar-refractivity contribution in [3.63, 3.8) is 0 Å². The maximum Gasteiger partial charge on any atom is 0.337 e. The minimum Gasteiger partial charge on any atom is -0.465 e. The third-order valence-electron chi connectivity index (χ3n) is 4.69. The summed E-state index contributed by atoms with van der Waals surface area (Å²) in [7, 11) is 1.35. The SMILES string of the molecule is COC(=O)c1ccc(C#CC(O)c2ccc3c(c2)C(C)(C)CCS3)cc1. The number of aliphatic hydroxyl groups excluding tert-OH is 1. The first-order valence-corrected chi connectivity index (χ1v) is 9.54. The highest BCUT2D eigenvalue weighted by atomic mass is 32.2. The van der Waals surface area contributed by atoms with Gasteiger partial charge < -0.3 is 9.84 Å². The van der Waals surface area contributed by atoms with Crippen LogP contribution in [-0.4, -0.2) is 23.9 Å². The summed E-state index contributed by atoms with van der Waals surface area (Å²) in [5, 5.41) is 10.5. The Morgan fingerprint density at radius 3 is 2.65 bits per heavy atom. The molecule has 1 heterocycles. The lowest BCUT2D eigenvalue weighted by Gasteiger charge is -2.32. The Hall–Kier alpha value is -2.22. The molecule has 4 heteroatoms. The average Bonchev–Trinajstić information content (AvgIpc) is 2.65. The molecule has 0 fully saturated rings. The monoisotopic (exact) mass is 366 g/mol. The quantitative estimate of drug-likeness (QED) is 0.635. The summed E-state index contributed by atoms with van der Waals surface area (Å²) < 4.78 is 4.68. The molecule has 2 aromatic carbocycles. The summed E-state index contributed by atoms with van der Waals surface area (Å²) in [5.41, 5.74) is 3.44. The van der Waals surface area contributed by atoms with Gasteiger partial charge in [-0.25, -0.2) is 4.79 Å². The van der Waals surface area contributed by atoms with Crippen LogP contribution in [0.15, 0.2) is 47.4 Å². The Morgan fingerprint density at radius 1 is 1.23 bits per heavy atom. The van der Waals surface area contributed by atoms with Crippen molar-refractivity contribution in [1.29, 1.82) is 0 Å². The van der Waals surface area contributed by atoms with Crippen LogP contribution in [0.1, 0.15) is 53.4 Å². The van der Waals surface area contributed by atoms with E-state index in [2.05, 4.69) is 42.6 Å². The summed E-state index contributed by atoms with van der Waals surface area (Å²) in [4.78, 5) is 12.7. The Kier molecular flexibility index (Phi) is 5.41. The molecular weight excluding hydrogens is 344 g/mol. The van der Waals surface area contributed by atoms with Gasteiger partial charge in [0.2, 0.25) is 0 Å². The minimum absolute atomic E-state index is 0.119. The van der Waals surface area contributed by atoms with Crippen LogP contribution in [0.2, 0.25) is 0 Å². The lowest BCUT2D eigenvalue weighted by Crippen LogP contribution is -2.23. The van der Waals surface area contributed by atoms with Crippen LogP contribution < -0.4 is 0 Å². The van der Waals surface area contributed by atoms with Crippen LogP contribution in [0.3, 0.4) is 0 Å². The van der Waals surface area contributed by atoms with E-state index >= 15 is 0 Å². The lowest BCUT2D eigenvalue weighted by molar-refractivity contribution is 0.0600. The second-order valence-corrected chi connectivity index (χ2v) is 8.12. The van der Waals surface area contributed by atoms with Crippen LogP contribution in [0.5, 0.6) is 0 Å². The molecular formula is C22H22O3S. The predicted octanol–water partition coefficient (Wildman–Crippen LogP) is 4.33. The second kappa shape index (κ2) is 7.57. The van der Waals surface area contributed by atoms with Crippen LogP contribution in [0.25, 0.3) is 0 Å². The van der Waals surface area contributed by atoms with Gasteiger partial charge >= 0.3 is 5.97 Å². The van der Waals surface area contributed by atoms with Gasteiger partial charge in [-0.2, -0.15) is 0 Å². The summed E-state index contributed by atoms with van der Waals surface area (Å²) in [6.07, 6.45) is 0.283. The fraction of sp³-hybridized carbons (Fsp3) is 0.318. The minimum atomic E-state index is -0.844. The van der Waals surface area contributed by atoms with Crippen molar-refractivity contribution in [3.05, 3.63) is 64.7 Å². The number of rotatable bonds is 2. The molecule has 0 bridgehead atoms. The summed E-state index contributed by atoms with van der Waals surface area (Å²) in [6, 6.07) is 13.0. The van der Waals surface area contributed by atoms with E-state index in [-0.39, 0.29) is 11.4 Å². The molecule has 1 atom stereocenters. The molecule has 0 radical (unpaired) electrons. The van der Waals surface area contributed by atoms with E-state index in [0.29, 0.717) is 5.56 Å². The Balaban J connectivity index is 1.80. The third-order valence-corrected chi connectivity index (χ3v) is 5.77.